The van der Waals surface area contributed by atoms with Crippen LogP contribution in [0, 0.1) is 5.92 Å². The second-order valence-electron chi connectivity index (χ2n) is 3.57. The van der Waals surface area contributed by atoms with Crippen molar-refractivity contribution in [3.05, 3.63) is 35.9 Å². The molecule has 1 saturated carbocycles. The van der Waals surface area contributed by atoms with Crippen LogP contribution in [-0.2, 0) is 0 Å². The van der Waals surface area contributed by atoms with Gasteiger partial charge in [0.1, 0.15) is 0 Å². The highest BCUT2D eigenvalue weighted by molar-refractivity contribution is 5.22. The van der Waals surface area contributed by atoms with Gasteiger partial charge in [-0.05, 0) is 30.2 Å². The molecule has 11 heavy (non-hydrogen) atoms. The molecule has 1 aliphatic rings. The summed E-state index contributed by atoms with van der Waals surface area (Å²) in [6.07, 6.45) is 2.81. The molecule has 1 aromatic rings. The molecule has 0 amide bonds. The summed E-state index contributed by atoms with van der Waals surface area (Å²) in [5, 5.41) is 0. The smallest absolute Gasteiger partial charge is 0.0136 e. The topological polar surface area (TPSA) is 0 Å². The van der Waals surface area contributed by atoms with Gasteiger partial charge in [0.15, 0.2) is 0 Å². The van der Waals surface area contributed by atoms with Crippen molar-refractivity contribution in [2.24, 2.45) is 5.92 Å². The molecule has 0 nitrogen and oxygen atoms in total. The fourth-order valence-corrected chi connectivity index (χ4v) is 1.86. The predicted molar refractivity (Wildman–Crippen MR) is 47.6 cm³/mol. The summed E-state index contributed by atoms with van der Waals surface area (Å²) in [7, 11) is 0. The average Bonchev–Trinajstić information content (AvgIpc) is 2.04. The van der Waals surface area contributed by atoms with E-state index in [1.165, 1.54) is 18.4 Å². The molecule has 0 bridgehead atoms. The SMILES string of the molecule is CC1CCC1c1ccccc1. The standard InChI is InChI=1S/C11H14/c1-9-7-8-11(9)10-5-3-2-4-6-10/h2-6,9,11H,7-8H2,1H3. The van der Waals surface area contributed by atoms with Crippen LogP contribution in [0.2, 0.25) is 0 Å². The highest BCUT2D eigenvalue weighted by atomic mass is 14.3. The summed E-state index contributed by atoms with van der Waals surface area (Å²) < 4.78 is 0. The summed E-state index contributed by atoms with van der Waals surface area (Å²) in [5.41, 5.74) is 1.53. The first-order valence-corrected chi connectivity index (χ1v) is 4.43. The summed E-state index contributed by atoms with van der Waals surface area (Å²) in [5.74, 6) is 1.77. The van der Waals surface area contributed by atoms with Gasteiger partial charge in [0.05, 0.1) is 0 Å². The van der Waals surface area contributed by atoms with E-state index in [4.69, 9.17) is 0 Å². The highest BCUT2D eigenvalue weighted by Gasteiger charge is 2.27. The fraction of sp³-hybridized carbons (Fsp3) is 0.455. The molecule has 2 atom stereocenters. The summed E-state index contributed by atoms with van der Waals surface area (Å²) >= 11 is 0. The molecular weight excluding hydrogens is 132 g/mol. The molecule has 1 fully saturated rings. The van der Waals surface area contributed by atoms with Crippen LogP contribution in [0.5, 0.6) is 0 Å². The lowest BCUT2D eigenvalue weighted by Gasteiger charge is -2.34. The first-order valence-electron chi connectivity index (χ1n) is 4.43. The van der Waals surface area contributed by atoms with Crippen molar-refractivity contribution in [2.75, 3.05) is 0 Å². The second-order valence-corrected chi connectivity index (χ2v) is 3.57. The van der Waals surface area contributed by atoms with Gasteiger partial charge in [-0.2, -0.15) is 0 Å². The van der Waals surface area contributed by atoms with Crippen LogP contribution in [0.4, 0.5) is 0 Å². The number of hydrogen-bond donors (Lipinski definition) is 0. The van der Waals surface area contributed by atoms with Crippen LogP contribution in [0.1, 0.15) is 31.2 Å². The van der Waals surface area contributed by atoms with Gasteiger partial charge in [0, 0.05) is 0 Å². The van der Waals surface area contributed by atoms with E-state index in [1.807, 2.05) is 0 Å². The van der Waals surface area contributed by atoms with Crippen LogP contribution in [0.15, 0.2) is 30.3 Å². The summed E-state index contributed by atoms with van der Waals surface area (Å²) in [6, 6.07) is 10.9. The van der Waals surface area contributed by atoms with Crippen molar-refractivity contribution in [1.29, 1.82) is 0 Å². The Kier molecular flexibility index (Phi) is 1.69. The molecule has 1 aliphatic carbocycles. The maximum atomic E-state index is 2.35. The first-order chi connectivity index (χ1) is 5.38. The molecule has 0 N–H and O–H groups in total. The minimum Gasteiger partial charge on any atom is -0.0622 e. The highest BCUT2D eigenvalue weighted by Crippen LogP contribution is 2.41. The lowest BCUT2D eigenvalue weighted by Crippen LogP contribution is -2.20. The molecule has 58 valence electrons. The van der Waals surface area contributed by atoms with E-state index >= 15 is 0 Å². The fourth-order valence-electron chi connectivity index (χ4n) is 1.86. The van der Waals surface area contributed by atoms with Crippen molar-refractivity contribution >= 4 is 0 Å². The Hall–Kier alpha value is -0.780. The molecule has 0 saturated heterocycles. The molecule has 2 unspecified atom stereocenters. The monoisotopic (exact) mass is 146 g/mol. The van der Waals surface area contributed by atoms with Crippen LogP contribution < -0.4 is 0 Å². The Balaban J connectivity index is 2.17. The van der Waals surface area contributed by atoms with Crippen molar-refractivity contribution < 1.29 is 0 Å². The van der Waals surface area contributed by atoms with E-state index in [9.17, 15) is 0 Å². The first kappa shape index (κ1) is 6.90. The molecule has 0 aromatic heterocycles. The molecule has 2 rings (SSSR count). The van der Waals surface area contributed by atoms with E-state index in [-0.39, 0.29) is 0 Å². The minimum atomic E-state index is 0.858. The minimum absolute atomic E-state index is 0.858. The second kappa shape index (κ2) is 2.69. The molecule has 0 aliphatic heterocycles. The van der Waals surface area contributed by atoms with E-state index in [2.05, 4.69) is 37.3 Å². The maximum Gasteiger partial charge on any atom is -0.0136 e. The molecule has 0 spiro atoms. The zero-order valence-electron chi connectivity index (χ0n) is 6.96. The maximum absolute atomic E-state index is 2.35. The van der Waals surface area contributed by atoms with E-state index in [0.29, 0.717) is 0 Å². The van der Waals surface area contributed by atoms with Crippen molar-refractivity contribution in [1.82, 2.24) is 0 Å². The number of benzene rings is 1. The Morgan fingerprint density at radius 2 is 1.82 bits per heavy atom. The summed E-state index contributed by atoms with van der Waals surface area (Å²) in [6.45, 7) is 2.35. The van der Waals surface area contributed by atoms with Crippen LogP contribution in [-0.4, -0.2) is 0 Å². The Bertz CT molecular complexity index is 225. The van der Waals surface area contributed by atoms with E-state index in [1.54, 1.807) is 0 Å². The van der Waals surface area contributed by atoms with Crippen LogP contribution >= 0.6 is 0 Å². The van der Waals surface area contributed by atoms with Crippen molar-refractivity contribution in [3.63, 3.8) is 0 Å². The normalized spacial score (nSPS) is 29.5. The average molecular weight is 146 g/mol. The van der Waals surface area contributed by atoms with Gasteiger partial charge in [-0.25, -0.2) is 0 Å². The van der Waals surface area contributed by atoms with Crippen LogP contribution in [0.25, 0.3) is 0 Å². The Labute approximate surface area is 68.3 Å². The quantitative estimate of drug-likeness (QED) is 0.570. The molecule has 1 aromatic carbocycles. The molecular formula is C11H14. The molecule has 0 heteroatoms. The van der Waals surface area contributed by atoms with Gasteiger partial charge in [-0.3, -0.25) is 0 Å². The lowest BCUT2D eigenvalue weighted by atomic mass is 9.71. The van der Waals surface area contributed by atoms with Gasteiger partial charge in [0.2, 0.25) is 0 Å². The number of rotatable bonds is 1. The molecule has 0 heterocycles. The van der Waals surface area contributed by atoms with Gasteiger partial charge < -0.3 is 0 Å². The number of hydrogen-bond acceptors (Lipinski definition) is 0. The van der Waals surface area contributed by atoms with Crippen molar-refractivity contribution in [3.8, 4) is 0 Å². The third-order valence-electron chi connectivity index (χ3n) is 2.85. The van der Waals surface area contributed by atoms with Gasteiger partial charge in [-0.15, -0.1) is 0 Å². The summed E-state index contributed by atoms with van der Waals surface area (Å²) in [4.78, 5) is 0. The van der Waals surface area contributed by atoms with E-state index in [0.717, 1.165) is 11.8 Å². The van der Waals surface area contributed by atoms with E-state index < -0.39 is 0 Å². The van der Waals surface area contributed by atoms with Gasteiger partial charge in [0.25, 0.3) is 0 Å². The Morgan fingerprint density at radius 3 is 2.27 bits per heavy atom. The predicted octanol–water partition coefficient (Wildman–Crippen LogP) is 3.20. The van der Waals surface area contributed by atoms with Gasteiger partial charge in [-0.1, -0.05) is 37.3 Å². The van der Waals surface area contributed by atoms with Crippen molar-refractivity contribution in [2.45, 2.75) is 25.7 Å². The largest absolute Gasteiger partial charge is 0.0622 e. The third kappa shape index (κ3) is 1.18. The zero-order valence-corrected chi connectivity index (χ0v) is 6.96. The molecule has 0 radical (unpaired) electrons. The van der Waals surface area contributed by atoms with Gasteiger partial charge >= 0.3 is 0 Å². The Morgan fingerprint density at radius 1 is 1.09 bits per heavy atom. The third-order valence-corrected chi connectivity index (χ3v) is 2.85. The lowest BCUT2D eigenvalue weighted by molar-refractivity contribution is 0.280. The van der Waals surface area contributed by atoms with Crippen LogP contribution in [0.3, 0.4) is 0 Å². The zero-order chi connectivity index (χ0) is 7.68.